The van der Waals surface area contributed by atoms with E-state index in [1.807, 2.05) is 13.8 Å². The van der Waals surface area contributed by atoms with E-state index in [9.17, 15) is 4.79 Å². The Morgan fingerprint density at radius 2 is 1.88 bits per heavy atom. The minimum absolute atomic E-state index is 0.249. The smallest absolute Gasteiger partial charge is 0.307 e. The molecule has 96 valence electrons. The molecule has 0 rings (SSSR count). The third kappa shape index (κ3) is 6.80. The highest BCUT2D eigenvalue weighted by atomic mass is 16.5. The first-order chi connectivity index (χ1) is 7.34. The van der Waals surface area contributed by atoms with Crippen LogP contribution in [0.3, 0.4) is 0 Å². The Bertz CT molecular complexity index is 206. The minimum atomic E-state index is -0.821. The van der Waals surface area contributed by atoms with Gasteiger partial charge in [0.05, 0.1) is 12.0 Å². The molecular weight excluding hydrogens is 206 g/mol. The van der Waals surface area contributed by atoms with Gasteiger partial charge in [0, 0.05) is 12.6 Å². The molecule has 0 spiro atoms. The van der Waals surface area contributed by atoms with E-state index in [1.54, 1.807) is 6.92 Å². The Hall–Kier alpha value is -0.610. The minimum Gasteiger partial charge on any atom is -0.481 e. The molecule has 0 fully saturated rings. The molecule has 0 saturated heterocycles. The Morgan fingerprint density at radius 3 is 2.31 bits per heavy atom. The average Bonchev–Trinajstić information content (AvgIpc) is 2.15. The predicted octanol–water partition coefficient (Wildman–Crippen LogP) is 1.88. The predicted molar refractivity (Wildman–Crippen MR) is 64.3 cm³/mol. The summed E-state index contributed by atoms with van der Waals surface area (Å²) in [5.41, 5.74) is 5.83. The summed E-state index contributed by atoms with van der Waals surface area (Å²) in [6.45, 7) is 8.46. The van der Waals surface area contributed by atoms with Crippen LogP contribution < -0.4 is 5.73 Å². The number of nitrogens with two attached hydrogens (primary N) is 1. The highest BCUT2D eigenvalue weighted by Crippen LogP contribution is 2.15. The second-order valence-electron chi connectivity index (χ2n) is 4.84. The fourth-order valence-electron chi connectivity index (χ4n) is 1.47. The van der Waals surface area contributed by atoms with Crippen molar-refractivity contribution in [2.45, 2.75) is 52.7 Å². The summed E-state index contributed by atoms with van der Waals surface area (Å²) >= 11 is 0. The van der Waals surface area contributed by atoms with Crippen molar-refractivity contribution < 1.29 is 14.6 Å². The summed E-state index contributed by atoms with van der Waals surface area (Å²) in [4.78, 5) is 10.7. The monoisotopic (exact) mass is 231 g/mol. The number of carboxylic acid groups (broad SMARTS) is 1. The van der Waals surface area contributed by atoms with E-state index in [-0.39, 0.29) is 12.1 Å². The van der Waals surface area contributed by atoms with Crippen LogP contribution >= 0.6 is 0 Å². The molecule has 0 aliphatic carbocycles. The van der Waals surface area contributed by atoms with Crippen molar-refractivity contribution in [1.29, 1.82) is 0 Å². The molecule has 4 nitrogen and oxygen atoms in total. The van der Waals surface area contributed by atoms with Gasteiger partial charge in [-0.3, -0.25) is 4.79 Å². The maximum Gasteiger partial charge on any atom is 0.307 e. The van der Waals surface area contributed by atoms with Crippen molar-refractivity contribution in [1.82, 2.24) is 0 Å². The van der Waals surface area contributed by atoms with Gasteiger partial charge in [0.1, 0.15) is 0 Å². The first-order valence-electron chi connectivity index (χ1n) is 5.94. The topological polar surface area (TPSA) is 72.5 Å². The highest BCUT2D eigenvalue weighted by Gasteiger charge is 2.21. The van der Waals surface area contributed by atoms with Gasteiger partial charge in [0.25, 0.3) is 0 Å². The number of carbonyl (C=O) groups is 1. The van der Waals surface area contributed by atoms with Crippen molar-refractivity contribution >= 4 is 5.97 Å². The van der Waals surface area contributed by atoms with Crippen LogP contribution in [0.1, 0.15) is 40.5 Å². The van der Waals surface area contributed by atoms with Crippen molar-refractivity contribution in [2.75, 3.05) is 6.61 Å². The van der Waals surface area contributed by atoms with Crippen LogP contribution in [-0.2, 0) is 9.53 Å². The summed E-state index contributed by atoms with van der Waals surface area (Å²) in [6, 6.07) is -0.272. The molecule has 0 aliphatic heterocycles. The molecular formula is C12H25NO3. The van der Waals surface area contributed by atoms with Crippen LogP contribution in [0.25, 0.3) is 0 Å². The first kappa shape index (κ1) is 15.4. The summed E-state index contributed by atoms with van der Waals surface area (Å²) < 4.78 is 5.44. The molecule has 0 heterocycles. The van der Waals surface area contributed by atoms with Crippen LogP contribution in [0.15, 0.2) is 0 Å². The van der Waals surface area contributed by atoms with Crippen LogP contribution in [0.2, 0.25) is 0 Å². The van der Waals surface area contributed by atoms with Gasteiger partial charge < -0.3 is 15.6 Å². The summed E-state index contributed by atoms with van der Waals surface area (Å²) in [7, 11) is 0. The van der Waals surface area contributed by atoms with Gasteiger partial charge in [0.15, 0.2) is 0 Å². The van der Waals surface area contributed by atoms with Gasteiger partial charge in [-0.25, -0.2) is 0 Å². The van der Waals surface area contributed by atoms with E-state index in [2.05, 4.69) is 6.92 Å². The fraction of sp³-hybridized carbons (Fsp3) is 0.917. The molecule has 0 aromatic carbocycles. The zero-order valence-electron chi connectivity index (χ0n) is 10.8. The maximum atomic E-state index is 10.7. The Kier molecular flexibility index (Phi) is 7.34. The van der Waals surface area contributed by atoms with Gasteiger partial charge in [-0.15, -0.1) is 0 Å². The van der Waals surface area contributed by atoms with Gasteiger partial charge in [-0.05, 0) is 32.6 Å². The number of rotatable bonds is 8. The molecule has 16 heavy (non-hydrogen) atoms. The van der Waals surface area contributed by atoms with Gasteiger partial charge in [0.2, 0.25) is 0 Å². The number of ether oxygens (including phenoxy) is 1. The maximum absolute atomic E-state index is 10.7. The lowest BCUT2D eigenvalue weighted by molar-refractivity contribution is -0.141. The van der Waals surface area contributed by atoms with E-state index in [0.717, 1.165) is 12.8 Å². The van der Waals surface area contributed by atoms with E-state index in [0.29, 0.717) is 12.5 Å². The molecule has 0 saturated carbocycles. The molecule has 0 bridgehead atoms. The fourth-order valence-corrected chi connectivity index (χ4v) is 1.47. The van der Waals surface area contributed by atoms with E-state index in [1.165, 1.54) is 0 Å². The SMILES string of the molecule is CC(C)OCC[C@@H](C)C[C@H](N)C(C)C(=O)O. The lowest BCUT2D eigenvalue weighted by Crippen LogP contribution is -2.35. The van der Waals surface area contributed by atoms with Crippen LogP contribution in [0, 0.1) is 11.8 Å². The molecule has 3 atom stereocenters. The molecule has 0 aliphatic rings. The molecule has 0 radical (unpaired) electrons. The van der Waals surface area contributed by atoms with Crippen molar-refractivity contribution in [3.8, 4) is 0 Å². The zero-order valence-corrected chi connectivity index (χ0v) is 10.8. The van der Waals surface area contributed by atoms with E-state index in [4.69, 9.17) is 15.6 Å². The second kappa shape index (κ2) is 7.63. The van der Waals surface area contributed by atoms with E-state index < -0.39 is 11.9 Å². The van der Waals surface area contributed by atoms with Crippen molar-refractivity contribution in [3.05, 3.63) is 0 Å². The molecule has 0 aromatic heterocycles. The first-order valence-corrected chi connectivity index (χ1v) is 5.94. The van der Waals surface area contributed by atoms with Gasteiger partial charge >= 0.3 is 5.97 Å². The van der Waals surface area contributed by atoms with Crippen molar-refractivity contribution in [3.63, 3.8) is 0 Å². The van der Waals surface area contributed by atoms with Gasteiger partial charge in [-0.2, -0.15) is 0 Å². The zero-order chi connectivity index (χ0) is 12.7. The summed E-state index contributed by atoms with van der Waals surface area (Å²) in [5, 5.41) is 8.81. The molecule has 0 aromatic rings. The Labute approximate surface area is 98.2 Å². The molecule has 0 amide bonds. The third-order valence-corrected chi connectivity index (χ3v) is 2.77. The largest absolute Gasteiger partial charge is 0.481 e. The Balaban J connectivity index is 3.77. The standard InChI is InChI=1S/C12H25NO3/c1-8(2)16-6-5-9(3)7-11(13)10(4)12(14)15/h8-11H,5-7,13H2,1-4H3,(H,14,15)/t9-,10?,11+/m1/s1. The summed E-state index contributed by atoms with van der Waals surface area (Å²) in [6.07, 6.45) is 1.91. The Morgan fingerprint density at radius 1 is 1.31 bits per heavy atom. The van der Waals surface area contributed by atoms with Crippen LogP contribution in [0.5, 0.6) is 0 Å². The van der Waals surface area contributed by atoms with Gasteiger partial charge in [-0.1, -0.05) is 13.8 Å². The number of hydrogen-bond donors (Lipinski definition) is 2. The van der Waals surface area contributed by atoms with E-state index >= 15 is 0 Å². The number of aliphatic carboxylic acids is 1. The average molecular weight is 231 g/mol. The number of carboxylic acids is 1. The quantitative estimate of drug-likeness (QED) is 0.669. The molecule has 4 heteroatoms. The highest BCUT2D eigenvalue weighted by molar-refractivity contribution is 5.70. The van der Waals surface area contributed by atoms with Crippen LogP contribution in [0.4, 0.5) is 0 Å². The molecule has 3 N–H and O–H groups in total. The second-order valence-corrected chi connectivity index (χ2v) is 4.84. The lowest BCUT2D eigenvalue weighted by Gasteiger charge is -2.20. The lowest BCUT2D eigenvalue weighted by atomic mass is 9.92. The third-order valence-electron chi connectivity index (χ3n) is 2.77. The normalized spacial score (nSPS) is 17.1. The molecule has 1 unspecified atom stereocenters. The summed E-state index contributed by atoms with van der Waals surface area (Å²) in [5.74, 6) is -0.901. The number of hydrogen-bond acceptors (Lipinski definition) is 3. The van der Waals surface area contributed by atoms with Crippen LogP contribution in [-0.4, -0.2) is 29.8 Å². The van der Waals surface area contributed by atoms with Crippen molar-refractivity contribution in [2.24, 2.45) is 17.6 Å².